The van der Waals surface area contributed by atoms with Crippen LogP contribution in [0, 0.1) is 0 Å². The molecule has 2 nitrogen and oxygen atoms in total. The van der Waals surface area contributed by atoms with Gasteiger partial charge in [-0.3, -0.25) is 0 Å². The quantitative estimate of drug-likeness (QED) is 0.576. The summed E-state index contributed by atoms with van der Waals surface area (Å²) < 4.78 is 0. The van der Waals surface area contributed by atoms with E-state index in [1.54, 1.807) is 0 Å². The van der Waals surface area contributed by atoms with Crippen molar-refractivity contribution < 1.29 is 0 Å². The summed E-state index contributed by atoms with van der Waals surface area (Å²) in [6, 6.07) is 1.59. The van der Waals surface area contributed by atoms with E-state index < -0.39 is 0 Å². The second kappa shape index (κ2) is 8.08. The molecule has 1 saturated carbocycles. The Bertz CT molecular complexity index is 164. The summed E-state index contributed by atoms with van der Waals surface area (Å²) in [6.07, 6.45) is 8.30. The maximum absolute atomic E-state index is 3.49. The molecule has 0 aromatic carbocycles. The maximum Gasteiger partial charge on any atom is 0.00964 e. The average Bonchev–Trinajstić information content (AvgIpc) is 3.05. The third kappa shape index (κ3) is 6.49. The standard InChI is InChI=1S/C14H30N2/c1-4-5-11-16(14-8-9-14)12-7-6-10-15-13(2)3/h13-15H,4-12H2,1-3H3. The molecule has 1 fully saturated rings. The summed E-state index contributed by atoms with van der Waals surface area (Å²) in [5.41, 5.74) is 0. The average molecular weight is 226 g/mol. The molecular formula is C14H30N2. The van der Waals surface area contributed by atoms with Crippen molar-refractivity contribution in [3.05, 3.63) is 0 Å². The number of unbranched alkanes of at least 4 members (excludes halogenated alkanes) is 2. The van der Waals surface area contributed by atoms with Crippen LogP contribution in [-0.2, 0) is 0 Å². The predicted molar refractivity (Wildman–Crippen MR) is 71.9 cm³/mol. The molecule has 96 valence electrons. The van der Waals surface area contributed by atoms with E-state index in [0.29, 0.717) is 6.04 Å². The van der Waals surface area contributed by atoms with Crippen LogP contribution in [0.2, 0.25) is 0 Å². The van der Waals surface area contributed by atoms with Crippen molar-refractivity contribution in [2.24, 2.45) is 0 Å². The van der Waals surface area contributed by atoms with Gasteiger partial charge in [0.05, 0.1) is 0 Å². The van der Waals surface area contributed by atoms with E-state index in [1.165, 1.54) is 58.2 Å². The van der Waals surface area contributed by atoms with Crippen molar-refractivity contribution in [1.29, 1.82) is 0 Å². The molecule has 2 heteroatoms. The Kier molecular flexibility index (Phi) is 7.06. The first kappa shape index (κ1) is 14.0. The van der Waals surface area contributed by atoms with Gasteiger partial charge in [0.15, 0.2) is 0 Å². The molecule has 0 spiro atoms. The largest absolute Gasteiger partial charge is 0.315 e. The van der Waals surface area contributed by atoms with Crippen LogP contribution in [0.25, 0.3) is 0 Å². The summed E-state index contributed by atoms with van der Waals surface area (Å²) in [5.74, 6) is 0. The van der Waals surface area contributed by atoms with Crippen molar-refractivity contribution in [3.63, 3.8) is 0 Å². The van der Waals surface area contributed by atoms with Crippen molar-refractivity contribution in [1.82, 2.24) is 10.2 Å². The van der Waals surface area contributed by atoms with Crippen molar-refractivity contribution >= 4 is 0 Å². The van der Waals surface area contributed by atoms with Crippen LogP contribution in [-0.4, -0.2) is 36.6 Å². The Morgan fingerprint density at radius 2 is 1.81 bits per heavy atom. The molecule has 0 heterocycles. The Hall–Kier alpha value is -0.0800. The fourth-order valence-electron chi connectivity index (χ4n) is 2.11. The lowest BCUT2D eigenvalue weighted by atomic mass is 10.2. The van der Waals surface area contributed by atoms with Crippen LogP contribution >= 0.6 is 0 Å². The van der Waals surface area contributed by atoms with E-state index in [0.717, 1.165) is 6.04 Å². The molecule has 16 heavy (non-hydrogen) atoms. The van der Waals surface area contributed by atoms with Crippen LogP contribution in [0.4, 0.5) is 0 Å². The molecule has 0 aromatic rings. The zero-order chi connectivity index (χ0) is 11.8. The summed E-state index contributed by atoms with van der Waals surface area (Å²) in [4.78, 5) is 2.72. The Morgan fingerprint density at radius 3 is 2.38 bits per heavy atom. The summed E-state index contributed by atoms with van der Waals surface area (Å²) in [7, 11) is 0. The van der Waals surface area contributed by atoms with Gasteiger partial charge >= 0.3 is 0 Å². The molecule has 0 unspecified atom stereocenters. The first-order valence-corrected chi connectivity index (χ1v) is 7.21. The third-order valence-electron chi connectivity index (χ3n) is 3.29. The molecule has 0 saturated heterocycles. The molecule has 1 rings (SSSR count). The topological polar surface area (TPSA) is 15.3 Å². The van der Waals surface area contributed by atoms with Gasteiger partial charge in [0, 0.05) is 12.1 Å². The summed E-state index contributed by atoms with van der Waals surface area (Å²) in [6.45, 7) is 10.6. The van der Waals surface area contributed by atoms with Gasteiger partial charge < -0.3 is 10.2 Å². The van der Waals surface area contributed by atoms with Crippen LogP contribution in [0.15, 0.2) is 0 Å². The monoisotopic (exact) mass is 226 g/mol. The minimum Gasteiger partial charge on any atom is -0.315 e. The Balaban J connectivity index is 1.99. The summed E-state index contributed by atoms with van der Waals surface area (Å²) >= 11 is 0. The van der Waals surface area contributed by atoms with Gasteiger partial charge in [-0.25, -0.2) is 0 Å². The SMILES string of the molecule is CCCCN(CCCCNC(C)C)C1CC1. The molecule has 0 atom stereocenters. The van der Waals surface area contributed by atoms with Gasteiger partial charge in [0.2, 0.25) is 0 Å². The number of hydrogen-bond donors (Lipinski definition) is 1. The second-order valence-corrected chi connectivity index (χ2v) is 5.44. The lowest BCUT2D eigenvalue weighted by Crippen LogP contribution is -2.29. The molecule has 0 bridgehead atoms. The molecular weight excluding hydrogens is 196 g/mol. The predicted octanol–water partition coefficient (Wildman–Crippen LogP) is 3.03. The first-order valence-electron chi connectivity index (χ1n) is 7.21. The van der Waals surface area contributed by atoms with E-state index in [9.17, 15) is 0 Å². The van der Waals surface area contributed by atoms with E-state index in [1.807, 2.05) is 0 Å². The molecule has 1 aliphatic carbocycles. The fourth-order valence-corrected chi connectivity index (χ4v) is 2.11. The molecule has 0 radical (unpaired) electrons. The highest BCUT2D eigenvalue weighted by molar-refractivity contribution is 4.84. The van der Waals surface area contributed by atoms with Gasteiger partial charge in [-0.1, -0.05) is 27.2 Å². The molecule has 0 amide bonds. The number of rotatable bonds is 10. The van der Waals surface area contributed by atoms with E-state index in [-0.39, 0.29) is 0 Å². The fraction of sp³-hybridized carbons (Fsp3) is 1.00. The second-order valence-electron chi connectivity index (χ2n) is 5.44. The van der Waals surface area contributed by atoms with Gasteiger partial charge in [-0.2, -0.15) is 0 Å². The minimum atomic E-state index is 0.639. The highest BCUT2D eigenvalue weighted by atomic mass is 15.2. The van der Waals surface area contributed by atoms with Crippen molar-refractivity contribution in [3.8, 4) is 0 Å². The summed E-state index contributed by atoms with van der Waals surface area (Å²) in [5, 5.41) is 3.49. The smallest absolute Gasteiger partial charge is 0.00964 e. The Morgan fingerprint density at radius 1 is 1.12 bits per heavy atom. The highest BCUT2D eigenvalue weighted by Crippen LogP contribution is 2.27. The zero-order valence-corrected chi connectivity index (χ0v) is 11.5. The third-order valence-corrected chi connectivity index (χ3v) is 3.29. The van der Waals surface area contributed by atoms with Gasteiger partial charge in [0.25, 0.3) is 0 Å². The highest BCUT2D eigenvalue weighted by Gasteiger charge is 2.27. The van der Waals surface area contributed by atoms with Gasteiger partial charge in [-0.15, -0.1) is 0 Å². The molecule has 1 N–H and O–H groups in total. The number of hydrogen-bond acceptors (Lipinski definition) is 2. The van der Waals surface area contributed by atoms with Gasteiger partial charge in [-0.05, 0) is 51.7 Å². The zero-order valence-electron chi connectivity index (χ0n) is 11.5. The van der Waals surface area contributed by atoms with Crippen molar-refractivity contribution in [2.45, 2.75) is 71.4 Å². The van der Waals surface area contributed by atoms with Crippen LogP contribution < -0.4 is 5.32 Å². The van der Waals surface area contributed by atoms with Crippen LogP contribution in [0.3, 0.4) is 0 Å². The van der Waals surface area contributed by atoms with Crippen LogP contribution in [0.1, 0.15) is 59.3 Å². The van der Waals surface area contributed by atoms with Crippen molar-refractivity contribution in [2.75, 3.05) is 19.6 Å². The van der Waals surface area contributed by atoms with Crippen LogP contribution in [0.5, 0.6) is 0 Å². The molecule has 0 aliphatic heterocycles. The first-order chi connectivity index (χ1) is 7.74. The lowest BCUT2D eigenvalue weighted by Gasteiger charge is -2.21. The minimum absolute atomic E-state index is 0.639. The molecule has 1 aliphatic rings. The van der Waals surface area contributed by atoms with E-state index >= 15 is 0 Å². The lowest BCUT2D eigenvalue weighted by molar-refractivity contribution is 0.253. The maximum atomic E-state index is 3.49. The normalized spacial score (nSPS) is 16.3. The van der Waals surface area contributed by atoms with E-state index in [4.69, 9.17) is 0 Å². The number of nitrogens with one attached hydrogen (secondary N) is 1. The number of nitrogens with zero attached hydrogens (tertiary/aromatic N) is 1. The Labute approximate surface area is 102 Å². The molecule has 0 aromatic heterocycles. The van der Waals surface area contributed by atoms with E-state index in [2.05, 4.69) is 31.0 Å². The van der Waals surface area contributed by atoms with Gasteiger partial charge in [0.1, 0.15) is 0 Å².